The Labute approximate surface area is 146 Å². The van der Waals surface area contributed by atoms with Gasteiger partial charge in [0.25, 0.3) is 0 Å². The number of hydrogen-bond donors (Lipinski definition) is 1. The van der Waals surface area contributed by atoms with Crippen LogP contribution >= 0.6 is 0 Å². The van der Waals surface area contributed by atoms with Crippen molar-refractivity contribution in [2.24, 2.45) is 5.92 Å². The third kappa shape index (κ3) is 2.45. The third-order valence-corrected chi connectivity index (χ3v) is 5.56. The molecule has 7 nitrogen and oxygen atoms in total. The Morgan fingerprint density at radius 2 is 1.92 bits per heavy atom. The van der Waals surface area contributed by atoms with Crippen LogP contribution in [-0.2, 0) is 5.41 Å². The van der Waals surface area contributed by atoms with Crippen LogP contribution < -0.4 is 19.5 Å². The second kappa shape index (κ2) is 6.22. The van der Waals surface area contributed by atoms with Crippen LogP contribution in [0.3, 0.4) is 0 Å². The van der Waals surface area contributed by atoms with Crippen molar-refractivity contribution >= 4 is 0 Å². The van der Waals surface area contributed by atoms with E-state index in [1.165, 1.54) is 12.8 Å². The van der Waals surface area contributed by atoms with E-state index in [9.17, 15) is 0 Å². The number of methoxy groups -OCH3 is 3. The fraction of sp³-hybridized carbons (Fsp3) is 0.556. The number of benzene rings is 1. The van der Waals surface area contributed by atoms with Crippen LogP contribution in [0.25, 0.3) is 11.4 Å². The summed E-state index contributed by atoms with van der Waals surface area (Å²) in [4.78, 5) is 4.73. The maximum absolute atomic E-state index is 5.70. The Balaban J connectivity index is 1.73. The largest absolute Gasteiger partial charge is 0.493 e. The van der Waals surface area contributed by atoms with Crippen LogP contribution in [0.15, 0.2) is 16.7 Å². The summed E-state index contributed by atoms with van der Waals surface area (Å²) in [5.41, 5.74) is 0.771. The highest BCUT2D eigenvalue weighted by Gasteiger charge is 2.51. The zero-order valence-electron chi connectivity index (χ0n) is 14.8. The molecule has 1 saturated carbocycles. The van der Waals surface area contributed by atoms with Crippen LogP contribution in [0, 0.1) is 5.92 Å². The van der Waals surface area contributed by atoms with E-state index >= 15 is 0 Å². The van der Waals surface area contributed by atoms with Crippen molar-refractivity contribution in [3.05, 3.63) is 18.0 Å². The van der Waals surface area contributed by atoms with Crippen molar-refractivity contribution in [2.75, 3.05) is 34.4 Å². The first-order valence-electron chi connectivity index (χ1n) is 8.57. The predicted octanol–water partition coefficient (Wildman–Crippen LogP) is 2.40. The molecule has 2 heterocycles. The van der Waals surface area contributed by atoms with Gasteiger partial charge in [-0.2, -0.15) is 4.98 Å². The predicted molar refractivity (Wildman–Crippen MR) is 91.3 cm³/mol. The molecule has 0 unspecified atom stereocenters. The fourth-order valence-electron chi connectivity index (χ4n) is 4.25. The topological polar surface area (TPSA) is 78.6 Å². The number of rotatable bonds is 5. The van der Waals surface area contributed by atoms with Gasteiger partial charge < -0.3 is 24.1 Å². The third-order valence-electron chi connectivity index (χ3n) is 5.56. The molecule has 0 amide bonds. The quantitative estimate of drug-likeness (QED) is 0.891. The normalized spacial score (nSPS) is 25.0. The molecule has 4 rings (SSSR count). The highest BCUT2D eigenvalue weighted by molar-refractivity contribution is 5.66. The van der Waals surface area contributed by atoms with E-state index < -0.39 is 0 Å². The Kier molecular flexibility index (Phi) is 4.03. The van der Waals surface area contributed by atoms with E-state index in [4.69, 9.17) is 23.7 Å². The first-order valence-corrected chi connectivity index (χ1v) is 8.57. The molecule has 1 N–H and O–H groups in total. The standard InChI is InChI=1S/C18H23N3O4/c1-22-13-7-11(8-14(23-2)15(13)24-3)16-20-17(25-21-16)18-6-4-5-12(18)9-19-10-18/h7-8,12,19H,4-6,9-10H2,1-3H3/t12-,18-/m1/s1. The average Bonchev–Trinajstić information content (AvgIpc) is 3.34. The lowest BCUT2D eigenvalue weighted by Gasteiger charge is -2.22. The molecule has 1 aromatic carbocycles. The first kappa shape index (κ1) is 16.2. The van der Waals surface area contributed by atoms with E-state index in [1.54, 1.807) is 21.3 Å². The lowest BCUT2D eigenvalue weighted by Crippen LogP contribution is -2.31. The summed E-state index contributed by atoms with van der Waals surface area (Å²) in [6.07, 6.45) is 3.53. The zero-order chi connectivity index (χ0) is 17.4. The van der Waals surface area contributed by atoms with Crippen LogP contribution in [0.5, 0.6) is 17.2 Å². The maximum Gasteiger partial charge on any atom is 0.234 e. The SMILES string of the molecule is COc1cc(-c2noc([C@@]34CCC[C@@H]3CNC4)n2)cc(OC)c1OC. The number of aromatic nitrogens is 2. The van der Waals surface area contributed by atoms with Gasteiger partial charge in [-0.05, 0) is 37.4 Å². The smallest absolute Gasteiger partial charge is 0.234 e. The molecule has 1 saturated heterocycles. The van der Waals surface area contributed by atoms with Crippen molar-refractivity contribution in [3.63, 3.8) is 0 Å². The molecular formula is C18H23N3O4. The minimum Gasteiger partial charge on any atom is -0.493 e. The molecular weight excluding hydrogens is 322 g/mol. The molecule has 2 fully saturated rings. The Bertz CT molecular complexity index is 738. The van der Waals surface area contributed by atoms with Gasteiger partial charge in [0, 0.05) is 12.1 Å². The van der Waals surface area contributed by atoms with E-state index in [1.807, 2.05) is 12.1 Å². The molecule has 1 aromatic heterocycles. The van der Waals surface area contributed by atoms with Gasteiger partial charge in [-0.3, -0.25) is 0 Å². The second-order valence-corrected chi connectivity index (χ2v) is 6.71. The number of nitrogens with zero attached hydrogens (tertiary/aromatic N) is 2. The van der Waals surface area contributed by atoms with E-state index in [0.717, 1.165) is 31.0 Å². The summed E-state index contributed by atoms with van der Waals surface area (Å²) in [5.74, 6) is 3.56. The van der Waals surface area contributed by atoms with Crippen molar-refractivity contribution in [1.82, 2.24) is 15.5 Å². The molecule has 1 aliphatic heterocycles. The molecule has 7 heteroatoms. The van der Waals surface area contributed by atoms with Crippen molar-refractivity contribution in [1.29, 1.82) is 0 Å². The maximum atomic E-state index is 5.70. The van der Waals surface area contributed by atoms with E-state index in [2.05, 4.69) is 10.5 Å². The molecule has 2 aliphatic rings. The second-order valence-electron chi connectivity index (χ2n) is 6.71. The lowest BCUT2D eigenvalue weighted by atomic mass is 9.80. The van der Waals surface area contributed by atoms with Gasteiger partial charge in [0.15, 0.2) is 11.5 Å². The summed E-state index contributed by atoms with van der Waals surface area (Å²) in [6.45, 7) is 1.94. The summed E-state index contributed by atoms with van der Waals surface area (Å²) in [5, 5.41) is 7.71. The first-order chi connectivity index (χ1) is 12.2. The number of nitrogens with one attached hydrogen (secondary N) is 1. The Morgan fingerprint density at radius 3 is 2.60 bits per heavy atom. The van der Waals surface area contributed by atoms with Crippen molar-refractivity contribution in [3.8, 4) is 28.6 Å². The van der Waals surface area contributed by atoms with Crippen molar-refractivity contribution in [2.45, 2.75) is 24.7 Å². The summed E-state index contributed by atoms with van der Waals surface area (Å²) < 4.78 is 21.9. The van der Waals surface area contributed by atoms with Gasteiger partial charge in [0.2, 0.25) is 17.5 Å². The Hall–Kier alpha value is -2.28. The lowest BCUT2D eigenvalue weighted by molar-refractivity contribution is 0.265. The minimum atomic E-state index is -0.00804. The summed E-state index contributed by atoms with van der Waals surface area (Å²) >= 11 is 0. The van der Waals surface area contributed by atoms with Crippen LogP contribution in [0.4, 0.5) is 0 Å². The highest BCUT2D eigenvalue weighted by atomic mass is 16.5. The molecule has 134 valence electrons. The fourth-order valence-corrected chi connectivity index (χ4v) is 4.25. The number of ether oxygens (including phenoxy) is 3. The van der Waals surface area contributed by atoms with E-state index in [-0.39, 0.29) is 5.41 Å². The molecule has 0 bridgehead atoms. The van der Waals surface area contributed by atoms with Gasteiger partial charge in [-0.1, -0.05) is 11.6 Å². The summed E-state index contributed by atoms with van der Waals surface area (Å²) in [7, 11) is 4.77. The number of fused-ring (bicyclic) bond motifs is 1. The van der Waals surface area contributed by atoms with Gasteiger partial charge in [-0.25, -0.2) is 0 Å². The molecule has 2 aromatic rings. The monoisotopic (exact) mass is 345 g/mol. The van der Waals surface area contributed by atoms with Crippen molar-refractivity contribution < 1.29 is 18.7 Å². The Morgan fingerprint density at radius 1 is 1.16 bits per heavy atom. The van der Waals surface area contributed by atoms with Crippen LogP contribution in [0.2, 0.25) is 0 Å². The van der Waals surface area contributed by atoms with Gasteiger partial charge in [0.1, 0.15) is 0 Å². The van der Waals surface area contributed by atoms with Crippen LogP contribution in [-0.4, -0.2) is 44.6 Å². The molecule has 2 atom stereocenters. The molecule has 0 radical (unpaired) electrons. The molecule has 0 spiro atoms. The van der Waals surface area contributed by atoms with E-state index in [0.29, 0.717) is 29.0 Å². The van der Waals surface area contributed by atoms with Gasteiger partial charge in [-0.15, -0.1) is 0 Å². The zero-order valence-corrected chi connectivity index (χ0v) is 14.8. The molecule has 25 heavy (non-hydrogen) atoms. The highest BCUT2D eigenvalue weighted by Crippen LogP contribution is 2.48. The van der Waals surface area contributed by atoms with Gasteiger partial charge in [0.05, 0.1) is 26.7 Å². The molecule has 1 aliphatic carbocycles. The number of hydrogen-bond acceptors (Lipinski definition) is 7. The minimum absolute atomic E-state index is 0.00804. The summed E-state index contributed by atoms with van der Waals surface area (Å²) in [6, 6.07) is 3.68. The van der Waals surface area contributed by atoms with Crippen LogP contribution in [0.1, 0.15) is 25.2 Å². The average molecular weight is 345 g/mol. The van der Waals surface area contributed by atoms with Gasteiger partial charge >= 0.3 is 0 Å².